The van der Waals surface area contributed by atoms with Gasteiger partial charge >= 0.3 is 0 Å². The number of nitrogens with zero attached hydrogens (tertiary/aromatic N) is 1. The molecular weight excluding hydrogens is 270 g/mol. The molecule has 0 aromatic heterocycles. The first kappa shape index (κ1) is 13.5. The summed E-state index contributed by atoms with van der Waals surface area (Å²) in [5, 5.41) is 0.127. The van der Waals surface area contributed by atoms with Gasteiger partial charge in [-0.15, -0.1) is 0 Å². The van der Waals surface area contributed by atoms with Crippen LogP contribution < -0.4 is 4.90 Å². The van der Waals surface area contributed by atoms with Crippen molar-refractivity contribution >= 4 is 27.6 Å². The van der Waals surface area contributed by atoms with E-state index in [0.29, 0.717) is 13.0 Å². The SMILES string of the molecule is C=C1Sc2ccccc2N1CCC(C)S(=O)(=O)O. The number of hydrogen-bond acceptors (Lipinski definition) is 4. The van der Waals surface area contributed by atoms with Gasteiger partial charge in [-0.25, -0.2) is 0 Å². The number of benzene rings is 1. The zero-order chi connectivity index (χ0) is 13.3. The summed E-state index contributed by atoms with van der Waals surface area (Å²) >= 11 is 1.58. The van der Waals surface area contributed by atoms with Gasteiger partial charge in [0.15, 0.2) is 0 Å². The average Bonchev–Trinajstić information content (AvgIpc) is 2.60. The Labute approximate surface area is 111 Å². The molecule has 6 heteroatoms. The zero-order valence-electron chi connectivity index (χ0n) is 10.0. The lowest BCUT2D eigenvalue weighted by Crippen LogP contribution is -2.25. The average molecular weight is 285 g/mol. The second kappa shape index (κ2) is 4.95. The fourth-order valence-corrected chi connectivity index (χ4v) is 3.17. The summed E-state index contributed by atoms with van der Waals surface area (Å²) in [5.41, 5.74) is 1.05. The van der Waals surface area contributed by atoms with Crippen LogP contribution in [0.2, 0.25) is 0 Å². The summed E-state index contributed by atoms with van der Waals surface area (Å²) < 4.78 is 30.9. The molecule has 2 rings (SSSR count). The maximum Gasteiger partial charge on any atom is 0.267 e. The molecule has 0 aliphatic carbocycles. The second-order valence-corrected chi connectivity index (χ2v) is 7.18. The molecule has 0 fully saturated rings. The summed E-state index contributed by atoms with van der Waals surface area (Å²) in [7, 11) is -3.95. The number of rotatable bonds is 4. The van der Waals surface area contributed by atoms with Crippen LogP contribution in [0.25, 0.3) is 0 Å². The number of anilines is 1. The van der Waals surface area contributed by atoms with Gasteiger partial charge in [0.05, 0.1) is 16.0 Å². The van der Waals surface area contributed by atoms with Crippen LogP contribution in [0.3, 0.4) is 0 Å². The van der Waals surface area contributed by atoms with E-state index in [1.165, 1.54) is 6.92 Å². The highest BCUT2D eigenvalue weighted by molar-refractivity contribution is 8.03. The predicted molar refractivity (Wildman–Crippen MR) is 74.4 cm³/mol. The summed E-state index contributed by atoms with van der Waals surface area (Å²) in [6, 6.07) is 7.90. The number of fused-ring (bicyclic) bond motifs is 1. The minimum Gasteiger partial charge on any atom is -0.335 e. The first-order chi connectivity index (χ1) is 8.39. The molecule has 18 heavy (non-hydrogen) atoms. The highest BCUT2D eigenvalue weighted by atomic mass is 32.2. The molecular formula is C12H15NO3S2. The molecule has 0 bridgehead atoms. The van der Waals surface area contributed by atoms with Gasteiger partial charge in [0, 0.05) is 11.4 Å². The van der Waals surface area contributed by atoms with E-state index in [-0.39, 0.29) is 0 Å². The highest BCUT2D eigenvalue weighted by Gasteiger charge is 2.25. The van der Waals surface area contributed by atoms with Gasteiger partial charge in [-0.1, -0.05) is 30.5 Å². The fraction of sp³-hybridized carbons (Fsp3) is 0.333. The van der Waals surface area contributed by atoms with Crippen molar-refractivity contribution in [3.8, 4) is 0 Å². The van der Waals surface area contributed by atoms with Gasteiger partial charge in [0.25, 0.3) is 10.1 Å². The first-order valence-corrected chi connectivity index (χ1v) is 7.91. The third-order valence-corrected chi connectivity index (χ3v) is 5.23. The molecule has 0 radical (unpaired) electrons. The molecule has 1 aromatic carbocycles. The van der Waals surface area contributed by atoms with E-state index in [9.17, 15) is 8.42 Å². The largest absolute Gasteiger partial charge is 0.335 e. The van der Waals surface area contributed by atoms with Gasteiger partial charge in [0.1, 0.15) is 0 Å². The molecule has 1 aliphatic rings. The van der Waals surface area contributed by atoms with Crippen molar-refractivity contribution in [3.05, 3.63) is 35.9 Å². The molecule has 1 atom stereocenters. The Bertz CT molecular complexity index is 568. The number of hydrogen-bond donors (Lipinski definition) is 1. The van der Waals surface area contributed by atoms with Crippen LogP contribution in [0.1, 0.15) is 13.3 Å². The van der Waals surface area contributed by atoms with Crippen LogP contribution in [0.5, 0.6) is 0 Å². The van der Waals surface area contributed by atoms with E-state index in [0.717, 1.165) is 15.6 Å². The van der Waals surface area contributed by atoms with Crippen molar-refractivity contribution in [2.24, 2.45) is 0 Å². The normalized spacial score (nSPS) is 16.8. The minimum atomic E-state index is -3.95. The topological polar surface area (TPSA) is 57.6 Å². The third kappa shape index (κ3) is 2.71. The lowest BCUT2D eigenvalue weighted by Gasteiger charge is -2.20. The van der Waals surface area contributed by atoms with Crippen molar-refractivity contribution in [3.63, 3.8) is 0 Å². The Morgan fingerprint density at radius 1 is 1.44 bits per heavy atom. The highest BCUT2D eigenvalue weighted by Crippen LogP contribution is 2.44. The van der Waals surface area contributed by atoms with Crippen molar-refractivity contribution in [2.75, 3.05) is 11.4 Å². The van der Waals surface area contributed by atoms with E-state index in [1.54, 1.807) is 11.8 Å². The molecule has 1 heterocycles. The Kier molecular flexibility index (Phi) is 3.70. The smallest absolute Gasteiger partial charge is 0.267 e. The van der Waals surface area contributed by atoms with Crippen molar-refractivity contribution in [1.82, 2.24) is 0 Å². The summed E-state index contributed by atoms with van der Waals surface area (Å²) in [4.78, 5) is 3.11. The van der Waals surface area contributed by atoms with E-state index in [1.807, 2.05) is 29.2 Å². The summed E-state index contributed by atoms with van der Waals surface area (Å²) in [6.07, 6.45) is 0.368. The Morgan fingerprint density at radius 3 is 2.78 bits per heavy atom. The molecule has 1 N–H and O–H groups in total. The molecule has 98 valence electrons. The Balaban J connectivity index is 2.09. The van der Waals surface area contributed by atoms with Crippen LogP contribution in [-0.4, -0.2) is 24.8 Å². The van der Waals surface area contributed by atoms with E-state index >= 15 is 0 Å². The lowest BCUT2D eigenvalue weighted by atomic mass is 10.2. The summed E-state index contributed by atoms with van der Waals surface area (Å²) in [5.74, 6) is 0. The fourth-order valence-electron chi connectivity index (χ4n) is 1.79. The molecule has 0 saturated carbocycles. The molecule has 0 saturated heterocycles. The Morgan fingerprint density at radius 2 is 2.11 bits per heavy atom. The van der Waals surface area contributed by atoms with Crippen molar-refractivity contribution < 1.29 is 13.0 Å². The van der Waals surface area contributed by atoms with Crippen LogP contribution >= 0.6 is 11.8 Å². The van der Waals surface area contributed by atoms with E-state index in [4.69, 9.17) is 4.55 Å². The molecule has 0 spiro atoms. The quantitative estimate of drug-likeness (QED) is 0.862. The van der Waals surface area contributed by atoms with Gasteiger partial charge < -0.3 is 4.90 Å². The standard InChI is InChI=1S/C12H15NO3S2/c1-9(18(14,15)16)7-8-13-10(2)17-12-6-4-3-5-11(12)13/h3-6,9H,2,7-8H2,1H3,(H,14,15,16). The lowest BCUT2D eigenvalue weighted by molar-refractivity contribution is 0.466. The maximum atomic E-state index is 11.0. The van der Waals surface area contributed by atoms with Crippen LogP contribution in [0.4, 0.5) is 5.69 Å². The van der Waals surface area contributed by atoms with Gasteiger partial charge in [-0.05, 0) is 25.5 Å². The predicted octanol–water partition coefficient (Wildman–Crippen LogP) is 2.74. The molecule has 4 nitrogen and oxygen atoms in total. The van der Waals surface area contributed by atoms with E-state index < -0.39 is 15.4 Å². The maximum absolute atomic E-state index is 11.0. The van der Waals surface area contributed by atoms with Crippen LogP contribution in [-0.2, 0) is 10.1 Å². The molecule has 1 aromatic rings. The second-order valence-electron chi connectivity index (χ2n) is 4.23. The monoisotopic (exact) mass is 285 g/mol. The van der Waals surface area contributed by atoms with Gasteiger partial charge in [-0.3, -0.25) is 4.55 Å². The number of thioether (sulfide) groups is 1. The number of para-hydroxylation sites is 1. The zero-order valence-corrected chi connectivity index (χ0v) is 11.7. The molecule has 0 amide bonds. The molecule has 1 aliphatic heterocycles. The molecule has 1 unspecified atom stereocenters. The van der Waals surface area contributed by atoms with Gasteiger partial charge in [-0.2, -0.15) is 8.42 Å². The van der Waals surface area contributed by atoms with E-state index in [2.05, 4.69) is 6.58 Å². The van der Waals surface area contributed by atoms with Gasteiger partial charge in [0.2, 0.25) is 0 Å². The third-order valence-electron chi connectivity index (χ3n) is 2.95. The first-order valence-electron chi connectivity index (χ1n) is 5.59. The Hall–Kier alpha value is -0.980. The van der Waals surface area contributed by atoms with Crippen molar-refractivity contribution in [2.45, 2.75) is 23.5 Å². The summed E-state index contributed by atoms with van der Waals surface area (Å²) in [6.45, 7) is 6.01. The van der Waals surface area contributed by atoms with Crippen LogP contribution in [0.15, 0.2) is 40.8 Å². The van der Waals surface area contributed by atoms with Crippen LogP contribution in [0, 0.1) is 0 Å². The minimum absolute atomic E-state index is 0.368. The van der Waals surface area contributed by atoms with Crippen molar-refractivity contribution in [1.29, 1.82) is 0 Å².